The average molecular weight is 339 g/mol. The average Bonchev–Trinajstić information content (AvgIpc) is 3.11. The predicted octanol–water partition coefficient (Wildman–Crippen LogP) is 3.60. The molecule has 2 aliphatic carbocycles. The normalized spacial score (nSPS) is 25.8. The van der Waals surface area contributed by atoms with Crippen LogP contribution in [-0.4, -0.2) is 24.2 Å². The van der Waals surface area contributed by atoms with Crippen LogP contribution in [0, 0.1) is 11.8 Å². The fourth-order valence-corrected chi connectivity index (χ4v) is 4.04. The fourth-order valence-electron chi connectivity index (χ4n) is 3.61. The monoisotopic (exact) mass is 338 g/mol. The Kier molecular flexibility index (Phi) is 4.54. The molecule has 0 radical (unpaired) electrons. The number of fused-ring (bicyclic) bond motifs is 2. The van der Waals surface area contributed by atoms with E-state index in [4.69, 9.17) is 28.6 Å². The minimum Gasteiger partial charge on any atom is -0.465 e. The molecular weight excluding hydrogens is 320 g/mol. The molecule has 0 aliphatic heterocycles. The quantitative estimate of drug-likeness (QED) is 0.651. The van der Waals surface area contributed by atoms with Crippen molar-refractivity contribution in [3.63, 3.8) is 0 Å². The maximum Gasteiger partial charge on any atom is 0.337 e. The van der Waals surface area contributed by atoms with E-state index in [-0.39, 0.29) is 0 Å². The highest BCUT2D eigenvalue weighted by Crippen LogP contribution is 2.44. The molecule has 3 rings (SSSR count). The molecule has 1 aromatic carbocycles. The number of hydrogen-bond acceptors (Lipinski definition) is 3. The second-order valence-corrected chi connectivity index (χ2v) is 6.88. The Balaban J connectivity index is 1.64. The summed E-state index contributed by atoms with van der Waals surface area (Å²) in [5, 5.41) is 7.57. The zero-order chi connectivity index (χ0) is 15.7. The lowest BCUT2D eigenvalue weighted by Gasteiger charge is -2.24. The van der Waals surface area contributed by atoms with Crippen LogP contribution in [0.25, 0.3) is 0 Å². The first kappa shape index (κ1) is 15.6. The summed E-state index contributed by atoms with van der Waals surface area (Å²) >= 11 is 11.6. The van der Waals surface area contributed by atoms with Crippen molar-refractivity contribution in [1.82, 2.24) is 5.32 Å². The summed E-state index contributed by atoms with van der Waals surface area (Å²) in [6.07, 6.45) is 5.17. The number of thiocarbonyl (C=S) groups is 1. The van der Waals surface area contributed by atoms with Gasteiger partial charge in [-0.1, -0.05) is 18.0 Å². The van der Waals surface area contributed by atoms with Crippen molar-refractivity contribution in [3.05, 3.63) is 28.8 Å². The van der Waals surface area contributed by atoms with Crippen LogP contribution in [0.15, 0.2) is 18.2 Å². The second kappa shape index (κ2) is 6.42. The number of carbonyl (C=O) groups excluding carboxylic acids is 1. The van der Waals surface area contributed by atoms with Gasteiger partial charge in [-0.2, -0.15) is 0 Å². The summed E-state index contributed by atoms with van der Waals surface area (Å²) in [5.74, 6) is 1.20. The lowest BCUT2D eigenvalue weighted by molar-refractivity contribution is 0.0601. The lowest BCUT2D eigenvalue weighted by Crippen LogP contribution is -2.40. The molecule has 2 saturated carbocycles. The summed E-state index contributed by atoms with van der Waals surface area (Å²) in [6, 6.07) is 5.41. The number of hydrogen-bond donors (Lipinski definition) is 2. The summed E-state index contributed by atoms with van der Waals surface area (Å²) in [6.45, 7) is 0. The van der Waals surface area contributed by atoms with E-state index >= 15 is 0 Å². The van der Waals surface area contributed by atoms with Crippen LogP contribution < -0.4 is 10.6 Å². The third kappa shape index (κ3) is 3.20. The molecule has 2 bridgehead atoms. The van der Waals surface area contributed by atoms with Crippen molar-refractivity contribution in [2.24, 2.45) is 11.8 Å². The summed E-state index contributed by atoms with van der Waals surface area (Å²) in [4.78, 5) is 11.6. The molecule has 4 nitrogen and oxygen atoms in total. The maximum atomic E-state index is 11.6. The first-order valence-electron chi connectivity index (χ1n) is 7.52. The zero-order valence-electron chi connectivity index (χ0n) is 12.4. The molecular formula is C16H19ClN2O2S. The van der Waals surface area contributed by atoms with Crippen LogP contribution in [0.5, 0.6) is 0 Å². The number of nitrogens with one attached hydrogen (secondary N) is 2. The number of esters is 1. The van der Waals surface area contributed by atoms with Gasteiger partial charge in [0.15, 0.2) is 5.11 Å². The van der Waals surface area contributed by atoms with E-state index in [1.54, 1.807) is 18.2 Å². The molecule has 118 valence electrons. The van der Waals surface area contributed by atoms with Crippen LogP contribution in [-0.2, 0) is 4.74 Å². The molecule has 2 aliphatic rings. The van der Waals surface area contributed by atoms with Gasteiger partial charge in [-0.3, -0.25) is 0 Å². The van der Waals surface area contributed by atoms with Crippen molar-refractivity contribution in [1.29, 1.82) is 0 Å². The molecule has 0 heterocycles. The second-order valence-electron chi connectivity index (χ2n) is 6.07. The highest BCUT2D eigenvalue weighted by atomic mass is 35.5. The van der Waals surface area contributed by atoms with Gasteiger partial charge in [-0.15, -0.1) is 0 Å². The molecule has 2 fully saturated rings. The smallest absolute Gasteiger partial charge is 0.337 e. The summed E-state index contributed by atoms with van der Waals surface area (Å²) in [7, 11) is 1.35. The van der Waals surface area contributed by atoms with Crippen LogP contribution in [0.2, 0.25) is 5.02 Å². The van der Waals surface area contributed by atoms with Gasteiger partial charge in [0.05, 0.1) is 23.4 Å². The largest absolute Gasteiger partial charge is 0.465 e. The molecule has 3 atom stereocenters. The van der Waals surface area contributed by atoms with E-state index < -0.39 is 5.97 Å². The number of methoxy groups -OCH3 is 1. The van der Waals surface area contributed by atoms with Gasteiger partial charge < -0.3 is 15.4 Å². The Morgan fingerprint density at radius 2 is 2.18 bits per heavy atom. The van der Waals surface area contributed by atoms with Gasteiger partial charge >= 0.3 is 5.97 Å². The van der Waals surface area contributed by atoms with Crippen LogP contribution in [0.3, 0.4) is 0 Å². The number of ether oxygens (including phenoxy) is 1. The van der Waals surface area contributed by atoms with E-state index in [1.165, 1.54) is 32.8 Å². The molecule has 6 heteroatoms. The lowest BCUT2D eigenvalue weighted by atomic mass is 9.96. The fraction of sp³-hybridized carbons (Fsp3) is 0.500. The van der Waals surface area contributed by atoms with Crippen molar-refractivity contribution in [2.45, 2.75) is 31.7 Å². The molecule has 2 N–H and O–H groups in total. The number of anilines is 1. The van der Waals surface area contributed by atoms with Gasteiger partial charge in [0.2, 0.25) is 0 Å². The van der Waals surface area contributed by atoms with Crippen LogP contribution in [0.4, 0.5) is 5.69 Å². The molecule has 0 saturated heterocycles. The molecule has 0 aromatic heterocycles. The third-order valence-corrected chi connectivity index (χ3v) is 5.24. The van der Waals surface area contributed by atoms with Crippen molar-refractivity contribution >= 4 is 40.6 Å². The molecule has 22 heavy (non-hydrogen) atoms. The Morgan fingerprint density at radius 1 is 1.36 bits per heavy atom. The topological polar surface area (TPSA) is 50.4 Å². The van der Waals surface area contributed by atoms with Crippen molar-refractivity contribution in [2.75, 3.05) is 12.4 Å². The number of rotatable bonds is 3. The predicted molar refractivity (Wildman–Crippen MR) is 91.4 cm³/mol. The SMILES string of the molecule is COC(=O)c1ccc(Cl)c(NC(=S)N[C@H]2C[C@H]3CC[C@@H]2C3)c1. The van der Waals surface area contributed by atoms with E-state index in [0.29, 0.717) is 27.4 Å². The summed E-state index contributed by atoms with van der Waals surface area (Å²) in [5.41, 5.74) is 1.06. The number of benzene rings is 1. The Morgan fingerprint density at radius 3 is 2.82 bits per heavy atom. The highest BCUT2D eigenvalue weighted by Gasteiger charge is 2.39. The van der Waals surface area contributed by atoms with E-state index in [2.05, 4.69) is 10.6 Å². The van der Waals surface area contributed by atoms with Crippen molar-refractivity contribution in [3.8, 4) is 0 Å². The Hall–Kier alpha value is -1.33. The first-order valence-corrected chi connectivity index (χ1v) is 8.31. The number of halogens is 1. The van der Waals surface area contributed by atoms with E-state index in [0.717, 1.165) is 11.8 Å². The van der Waals surface area contributed by atoms with Crippen LogP contribution >= 0.6 is 23.8 Å². The number of carbonyl (C=O) groups is 1. The van der Waals surface area contributed by atoms with Gasteiger partial charge in [0.25, 0.3) is 0 Å². The van der Waals surface area contributed by atoms with Gasteiger partial charge in [0, 0.05) is 6.04 Å². The molecule has 0 amide bonds. The Labute approximate surface area is 140 Å². The standard InChI is InChI=1S/C16H19ClN2O2S/c1-21-15(20)11-4-5-12(17)14(8-11)19-16(22)18-13-7-9-2-3-10(13)6-9/h4-5,8-10,13H,2-3,6-7H2,1H3,(H2,18,19,22)/t9-,10+,13-/m0/s1. The maximum absolute atomic E-state index is 11.6. The third-order valence-electron chi connectivity index (χ3n) is 4.69. The summed E-state index contributed by atoms with van der Waals surface area (Å²) < 4.78 is 4.72. The molecule has 1 aromatic rings. The minimum absolute atomic E-state index is 0.397. The van der Waals surface area contributed by atoms with Gasteiger partial charge in [-0.05, 0) is 61.5 Å². The molecule has 0 spiro atoms. The van der Waals surface area contributed by atoms with Crippen molar-refractivity contribution < 1.29 is 9.53 Å². The zero-order valence-corrected chi connectivity index (χ0v) is 14.0. The van der Waals surface area contributed by atoms with E-state index in [1.807, 2.05) is 0 Å². The first-order chi connectivity index (χ1) is 10.6. The van der Waals surface area contributed by atoms with Gasteiger partial charge in [0.1, 0.15) is 0 Å². The van der Waals surface area contributed by atoms with Gasteiger partial charge in [-0.25, -0.2) is 4.79 Å². The van der Waals surface area contributed by atoms with Crippen LogP contribution in [0.1, 0.15) is 36.0 Å². The minimum atomic E-state index is -0.397. The van der Waals surface area contributed by atoms with E-state index in [9.17, 15) is 4.79 Å². The molecule has 0 unspecified atom stereocenters. The Bertz CT molecular complexity index is 608. The highest BCUT2D eigenvalue weighted by molar-refractivity contribution is 7.80.